The number of carbonyl (C=O) groups excluding carboxylic acids is 1. The first-order chi connectivity index (χ1) is 5.70. The Balaban J connectivity index is 2.63. The molecule has 0 aliphatic rings. The molecule has 0 aromatic heterocycles. The summed E-state index contributed by atoms with van der Waals surface area (Å²) in [5.74, 6) is -0.293. The number of rotatable bonds is 2. The van der Waals surface area contributed by atoms with Crippen LogP contribution in [-0.4, -0.2) is 5.97 Å². The summed E-state index contributed by atoms with van der Waals surface area (Å²) in [7, 11) is 0. The second-order valence-electron chi connectivity index (χ2n) is 2.48. The van der Waals surface area contributed by atoms with Crippen LogP contribution in [0.2, 0.25) is 0 Å². The SMILES string of the molecule is CC(=O)OCc1ccccc1N. The van der Waals surface area contributed by atoms with Gasteiger partial charge in [0, 0.05) is 18.2 Å². The Bertz CT molecular complexity index is 284. The van der Waals surface area contributed by atoms with Gasteiger partial charge in [-0.05, 0) is 6.07 Å². The van der Waals surface area contributed by atoms with Gasteiger partial charge in [-0.1, -0.05) is 18.2 Å². The fourth-order valence-electron chi connectivity index (χ4n) is 0.845. The molecule has 0 bridgehead atoms. The number of hydrogen-bond acceptors (Lipinski definition) is 3. The van der Waals surface area contributed by atoms with Crippen LogP contribution in [0.15, 0.2) is 24.3 Å². The predicted octanol–water partition coefficient (Wildman–Crippen LogP) is 1.33. The molecule has 0 aliphatic heterocycles. The van der Waals surface area contributed by atoms with E-state index in [4.69, 9.17) is 10.5 Å². The van der Waals surface area contributed by atoms with Crippen LogP contribution in [0.1, 0.15) is 12.5 Å². The molecule has 1 aromatic rings. The number of benzene rings is 1. The van der Waals surface area contributed by atoms with Gasteiger partial charge in [0.25, 0.3) is 0 Å². The van der Waals surface area contributed by atoms with E-state index in [1.54, 1.807) is 6.07 Å². The van der Waals surface area contributed by atoms with Crippen LogP contribution in [0.4, 0.5) is 5.69 Å². The van der Waals surface area contributed by atoms with Crippen molar-refractivity contribution >= 4 is 11.7 Å². The minimum atomic E-state index is -0.293. The van der Waals surface area contributed by atoms with Crippen molar-refractivity contribution < 1.29 is 9.53 Å². The van der Waals surface area contributed by atoms with E-state index in [1.165, 1.54) is 6.92 Å². The average Bonchev–Trinajstić information content (AvgIpc) is 2.03. The van der Waals surface area contributed by atoms with E-state index in [2.05, 4.69) is 0 Å². The van der Waals surface area contributed by atoms with E-state index in [0.29, 0.717) is 5.69 Å². The minimum absolute atomic E-state index is 0.252. The van der Waals surface area contributed by atoms with Gasteiger partial charge in [0.2, 0.25) is 0 Å². The Labute approximate surface area is 71.1 Å². The van der Waals surface area contributed by atoms with Gasteiger partial charge in [0.15, 0.2) is 0 Å². The Hall–Kier alpha value is -1.51. The summed E-state index contributed by atoms with van der Waals surface area (Å²) in [6.07, 6.45) is 0. The lowest BCUT2D eigenvalue weighted by Gasteiger charge is -2.04. The van der Waals surface area contributed by atoms with Crippen LogP contribution >= 0.6 is 0 Å². The summed E-state index contributed by atoms with van der Waals surface area (Å²) in [6, 6.07) is 7.30. The van der Waals surface area contributed by atoms with Crippen LogP contribution < -0.4 is 5.73 Å². The highest BCUT2D eigenvalue weighted by atomic mass is 16.5. The van der Waals surface area contributed by atoms with Gasteiger partial charge in [-0.2, -0.15) is 0 Å². The Morgan fingerprint density at radius 3 is 2.75 bits per heavy atom. The molecule has 0 amide bonds. The molecule has 64 valence electrons. The van der Waals surface area contributed by atoms with E-state index in [9.17, 15) is 4.79 Å². The van der Waals surface area contributed by atoms with Gasteiger partial charge < -0.3 is 10.5 Å². The highest BCUT2D eigenvalue weighted by Gasteiger charge is 1.98. The van der Waals surface area contributed by atoms with Crippen LogP contribution in [0.25, 0.3) is 0 Å². The van der Waals surface area contributed by atoms with Crippen LogP contribution in [0.5, 0.6) is 0 Å². The molecule has 0 heterocycles. The smallest absolute Gasteiger partial charge is 0.302 e. The Morgan fingerprint density at radius 2 is 2.17 bits per heavy atom. The van der Waals surface area contributed by atoms with Crippen molar-refractivity contribution in [2.45, 2.75) is 13.5 Å². The van der Waals surface area contributed by atoms with Gasteiger partial charge >= 0.3 is 5.97 Å². The van der Waals surface area contributed by atoms with Crippen LogP contribution in [-0.2, 0) is 16.1 Å². The first kappa shape index (κ1) is 8.59. The summed E-state index contributed by atoms with van der Waals surface area (Å²) in [5.41, 5.74) is 7.11. The second-order valence-corrected chi connectivity index (χ2v) is 2.48. The summed E-state index contributed by atoms with van der Waals surface area (Å²) in [4.78, 5) is 10.5. The van der Waals surface area contributed by atoms with Crippen molar-refractivity contribution in [3.05, 3.63) is 29.8 Å². The fraction of sp³-hybridized carbons (Fsp3) is 0.222. The quantitative estimate of drug-likeness (QED) is 0.531. The van der Waals surface area contributed by atoms with Crippen molar-refractivity contribution in [1.29, 1.82) is 0 Å². The number of ether oxygens (including phenoxy) is 1. The van der Waals surface area contributed by atoms with Gasteiger partial charge in [0.05, 0.1) is 0 Å². The molecule has 0 aliphatic carbocycles. The third-order valence-electron chi connectivity index (χ3n) is 1.49. The van der Waals surface area contributed by atoms with Gasteiger partial charge in [-0.25, -0.2) is 0 Å². The number of nitrogen functional groups attached to an aromatic ring is 1. The topological polar surface area (TPSA) is 52.3 Å². The standard InChI is InChI=1S/C9H11NO2/c1-7(11)12-6-8-4-2-3-5-9(8)10/h2-5H,6,10H2,1H3. The predicted molar refractivity (Wildman–Crippen MR) is 46.3 cm³/mol. The molecule has 0 radical (unpaired) electrons. The molecule has 0 fully saturated rings. The summed E-state index contributed by atoms with van der Waals surface area (Å²) in [5, 5.41) is 0. The lowest BCUT2D eigenvalue weighted by molar-refractivity contribution is -0.142. The first-order valence-corrected chi connectivity index (χ1v) is 3.67. The summed E-state index contributed by atoms with van der Waals surface area (Å²) < 4.78 is 4.79. The number of nitrogens with two attached hydrogens (primary N) is 1. The minimum Gasteiger partial charge on any atom is -0.461 e. The highest BCUT2D eigenvalue weighted by molar-refractivity contribution is 5.66. The van der Waals surface area contributed by atoms with Crippen molar-refractivity contribution in [1.82, 2.24) is 0 Å². The molecule has 0 atom stereocenters. The van der Waals surface area contributed by atoms with Crippen molar-refractivity contribution in [3.63, 3.8) is 0 Å². The molecule has 3 heteroatoms. The van der Waals surface area contributed by atoms with E-state index in [-0.39, 0.29) is 12.6 Å². The zero-order chi connectivity index (χ0) is 8.97. The zero-order valence-electron chi connectivity index (χ0n) is 6.91. The number of esters is 1. The normalized spacial score (nSPS) is 9.42. The van der Waals surface area contributed by atoms with Gasteiger partial charge in [-0.15, -0.1) is 0 Å². The third kappa shape index (κ3) is 2.27. The molecule has 0 saturated carbocycles. The molecule has 0 spiro atoms. The maximum absolute atomic E-state index is 10.5. The lowest BCUT2D eigenvalue weighted by atomic mass is 10.2. The molecule has 1 aromatic carbocycles. The maximum atomic E-state index is 10.5. The first-order valence-electron chi connectivity index (χ1n) is 3.67. The molecule has 2 N–H and O–H groups in total. The molecule has 0 saturated heterocycles. The maximum Gasteiger partial charge on any atom is 0.302 e. The van der Waals surface area contributed by atoms with Crippen LogP contribution in [0.3, 0.4) is 0 Å². The Kier molecular flexibility index (Phi) is 2.69. The van der Waals surface area contributed by atoms with E-state index in [0.717, 1.165) is 5.56 Å². The fourth-order valence-corrected chi connectivity index (χ4v) is 0.845. The molecular weight excluding hydrogens is 154 g/mol. The molecule has 1 rings (SSSR count). The highest BCUT2D eigenvalue weighted by Crippen LogP contribution is 2.11. The monoisotopic (exact) mass is 165 g/mol. The molecule has 0 unspecified atom stereocenters. The van der Waals surface area contributed by atoms with Crippen molar-refractivity contribution in [2.75, 3.05) is 5.73 Å². The van der Waals surface area contributed by atoms with Crippen molar-refractivity contribution in [3.8, 4) is 0 Å². The summed E-state index contributed by atoms with van der Waals surface area (Å²) in [6.45, 7) is 1.63. The zero-order valence-corrected chi connectivity index (χ0v) is 6.91. The van der Waals surface area contributed by atoms with E-state index >= 15 is 0 Å². The average molecular weight is 165 g/mol. The largest absolute Gasteiger partial charge is 0.461 e. The lowest BCUT2D eigenvalue weighted by Crippen LogP contribution is -2.01. The molecule has 3 nitrogen and oxygen atoms in total. The number of anilines is 1. The van der Waals surface area contributed by atoms with E-state index < -0.39 is 0 Å². The van der Waals surface area contributed by atoms with Crippen LogP contribution in [0, 0.1) is 0 Å². The van der Waals surface area contributed by atoms with Gasteiger partial charge in [-0.3, -0.25) is 4.79 Å². The second kappa shape index (κ2) is 3.76. The number of hydrogen-bond donors (Lipinski definition) is 1. The van der Waals surface area contributed by atoms with Gasteiger partial charge in [0.1, 0.15) is 6.61 Å². The van der Waals surface area contributed by atoms with E-state index in [1.807, 2.05) is 18.2 Å². The third-order valence-corrected chi connectivity index (χ3v) is 1.49. The Morgan fingerprint density at radius 1 is 1.50 bits per heavy atom. The van der Waals surface area contributed by atoms with Crippen molar-refractivity contribution in [2.24, 2.45) is 0 Å². The number of para-hydroxylation sites is 1. The molecule has 12 heavy (non-hydrogen) atoms. The number of carbonyl (C=O) groups is 1. The summed E-state index contributed by atoms with van der Waals surface area (Å²) >= 11 is 0. The molecular formula is C9H11NO2.